The van der Waals surface area contributed by atoms with Gasteiger partial charge in [0.1, 0.15) is 23.7 Å². The lowest BCUT2D eigenvalue weighted by Gasteiger charge is -2.31. The van der Waals surface area contributed by atoms with Crippen LogP contribution in [-0.2, 0) is 20.7 Å². The average Bonchev–Trinajstić information content (AvgIpc) is 2.88. The minimum atomic E-state index is -1.07. The number of halogens is 1. The molecule has 6 N–H and O–H groups in total. The SMILES string of the molecule is CC(N)C(=O)OC(CC(CCC(C)(C)O)C(N)=O)C(Cc1cccc(F)c1)NC(=O)c1cnc2ccccc2n1. The van der Waals surface area contributed by atoms with Gasteiger partial charge in [-0.1, -0.05) is 24.3 Å². The van der Waals surface area contributed by atoms with Crippen LogP contribution in [0.1, 0.15) is 56.1 Å². The Kier molecular flexibility index (Phi) is 10.2. The van der Waals surface area contributed by atoms with Crippen molar-refractivity contribution in [3.63, 3.8) is 0 Å². The van der Waals surface area contributed by atoms with Crippen molar-refractivity contribution >= 4 is 28.8 Å². The summed E-state index contributed by atoms with van der Waals surface area (Å²) >= 11 is 0. The highest BCUT2D eigenvalue weighted by molar-refractivity contribution is 5.94. The summed E-state index contributed by atoms with van der Waals surface area (Å²) in [5, 5.41) is 13.0. The number of rotatable bonds is 13. The Morgan fingerprint density at radius 1 is 1.12 bits per heavy atom. The topological polar surface area (TPSA) is 171 Å². The van der Waals surface area contributed by atoms with Crippen LogP contribution in [-0.4, -0.2) is 56.6 Å². The zero-order valence-corrected chi connectivity index (χ0v) is 22.8. The van der Waals surface area contributed by atoms with Crippen molar-refractivity contribution in [2.24, 2.45) is 17.4 Å². The maximum Gasteiger partial charge on any atom is 0.322 e. The van der Waals surface area contributed by atoms with Gasteiger partial charge in [0.25, 0.3) is 5.91 Å². The molecule has 4 unspecified atom stereocenters. The van der Waals surface area contributed by atoms with Gasteiger partial charge in [-0.25, -0.2) is 9.37 Å². The average molecular weight is 554 g/mol. The highest BCUT2D eigenvalue weighted by Gasteiger charge is 2.33. The van der Waals surface area contributed by atoms with Gasteiger partial charge in [-0.3, -0.25) is 19.4 Å². The summed E-state index contributed by atoms with van der Waals surface area (Å²) in [7, 11) is 0. The van der Waals surface area contributed by atoms with E-state index in [9.17, 15) is 23.9 Å². The summed E-state index contributed by atoms with van der Waals surface area (Å²) in [4.78, 5) is 47.1. The number of primary amides is 1. The number of ether oxygens (including phenoxy) is 1. The van der Waals surface area contributed by atoms with Gasteiger partial charge in [-0.05, 0) is 76.3 Å². The highest BCUT2D eigenvalue weighted by atomic mass is 19.1. The zero-order chi connectivity index (χ0) is 29.4. The van der Waals surface area contributed by atoms with Crippen LogP contribution in [0.3, 0.4) is 0 Å². The number of nitrogens with two attached hydrogens (primary N) is 2. The number of aromatic nitrogens is 2. The van der Waals surface area contributed by atoms with Crippen LogP contribution in [0.25, 0.3) is 11.0 Å². The number of para-hydroxylation sites is 2. The van der Waals surface area contributed by atoms with Crippen LogP contribution in [0.2, 0.25) is 0 Å². The van der Waals surface area contributed by atoms with Crippen LogP contribution >= 0.6 is 0 Å². The van der Waals surface area contributed by atoms with Crippen molar-refractivity contribution in [2.45, 2.75) is 70.2 Å². The monoisotopic (exact) mass is 553 g/mol. The fourth-order valence-corrected chi connectivity index (χ4v) is 4.24. The molecule has 0 aliphatic rings. The Bertz CT molecular complexity index is 1340. The molecule has 2 aromatic carbocycles. The van der Waals surface area contributed by atoms with E-state index in [1.54, 1.807) is 44.2 Å². The molecule has 0 saturated heterocycles. The van der Waals surface area contributed by atoms with Crippen molar-refractivity contribution in [3.8, 4) is 0 Å². The molecule has 2 amide bonds. The van der Waals surface area contributed by atoms with E-state index in [1.807, 2.05) is 0 Å². The summed E-state index contributed by atoms with van der Waals surface area (Å²) in [6.07, 6.45) is 0.712. The van der Waals surface area contributed by atoms with Gasteiger partial charge >= 0.3 is 5.97 Å². The number of nitrogens with one attached hydrogen (secondary N) is 1. The molecule has 3 rings (SSSR count). The second-order valence-electron chi connectivity index (χ2n) is 10.6. The molecule has 214 valence electrons. The maximum atomic E-state index is 14.0. The first-order valence-corrected chi connectivity index (χ1v) is 13.1. The molecule has 10 nitrogen and oxygen atoms in total. The summed E-state index contributed by atoms with van der Waals surface area (Å²) < 4.78 is 19.8. The summed E-state index contributed by atoms with van der Waals surface area (Å²) in [5.41, 5.74) is 12.0. The summed E-state index contributed by atoms with van der Waals surface area (Å²) in [5.74, 6) is -3.28. The Hall–Kier alpha value is -3.96. The molecule has 0 aliphatic carbocycles. The molecule has 0 saturated carbocycles. The van der Waals surface area contributed by atoms with Gasteiger partial charge in [0, 0.05) is 5.92 Å². The lowest BCUT2D eigenvalue weighted by molar-refractivity contribution is -0.153. The molecule has 0 bridgehead atoms. The molecule has 1 heterocycles. The quantitative estimate of drug-likeness (QED) is 0.234. The maximum absolute atomic E-state index is 14.0. The Labute approximate surface area is 232 Å². The normalized spacial score (nSPS) is 14.7. The predicted octanol–water partition coefficient (Wildman–Crippen LogP) is 2.41. The minimum Gasteiger partial charge on any atom is -0.459 e. The van der Waals surface area contributed by atoms with Crippen LogP contribution in [0, 0.1) is 11.7 Å². The van der Waals surface area contributed by atoms with Crippen LogP contribution in [0.15, 0.2) is 54.7 Å². The Morgan fingerprint density at radius 2 is 1.82 bits per heavy atom. The molecule has 11 heteroatoms. The van der Waals surface area contributed by atoms with E-state index in [0.29, 0.717) is 16.6 Å². The van der Waals surface area contributed by atoms with Gasteiger partial charge in [-0.2, -0.15) is 0 Å². The predicted molar refractivity (Wildman–Crippen MR) is 147 cm³/mol. The Balaban J connectivity index is 1.97. The fraction of sp³-hybridized carbons (Fsp3) is 0.414. The molecule has 3 aromatic rings. The van der Waals surface area contributed by atoms with Crippen molar-refractivity contribution in [1.29, 1.82) is 0 Å². The number of aliphatic hydroxyl groups is 1. The molecular formula is C29H36FN5O5. The third kappa shape index (κ3) is 9.06. The minimum absolute atomic E-state index is 0.0219. The first-order valence-electron chi connectivity index (χ1n) is 13.1. The van der Waals surface area contributed by atoms with E-state index >= 15 is 0 Å². The number of carbonyl (C=O) groups is 3. The van der Waals surface area contributed by atoms with Crippen molar-refractivity contribution < 1.29 is 28.6 Å². The van der Waals surface area contributed by atoms with Crippen LogP contribution < -0.4 is 16.8 Å². The fourth-order valence-electron chi connectivity index (χ4n) is 4.24. The molecule has 0 aliphatic heterocycles. The number of hydrogen-bond donors (Lipinski definition) is 4. The number of fused-ring (bicyclic) bond motifs is 1. The van der Waals surface area contributed by atoms with Gasteiger partial charge in [0.05, 0.1) is 28.9 Å². The number of benzene rings is 2. The number of esters is 1. The van der Waals surface area contributed by atoms with E-state index < -0.39 is 53.3 Å². The van der Waals surface area contributed by atoms with Crippen LogP contribution in [0.4, 0.5) is 4.39 Å². The summed E-state index contributed by atoms with van der Waals surface area (Å²) in [6, 6.07) is 10.9. The smallest absolute Gasteiger partial charge is 0.322 e. The summed E-state index contributed by atoms with van der Waals surface area (Å²) in [6.45, 7) is 4.66. The van der Waals surface area contributed by atoms with E-state index in [4.69, 9.17) is 16.2 Å². The van der Waals surface area contributed by atoms with E-state index in [-0.39, 0.29) is 31.4 Å². The van der Waals surface area contributed by atoms with Crippen molar-refractivity contribution in [1.82, 2.24) is 15.3 Å². The molecular weight excluding hydrogens is 517 g/mol. The molecule has 1 aromatic heterocycles. The van der Waals surface area contributed by atoms with Gasteiger partial charge in [0.2, 0.25) is 5.91 Å². The third-order valence-corrected chi connectivity index (χ3v) is 6.45. The molecule has 40 heavy (non-hydrogen) atoms. The largest absolute Gasteiger partial charge is 0.459 e. The third-order valence-electron chi connectivity index (χ3n) is 6.45. The lowest BCUT2D eigenvalue weighted by Crippen LogP contribution is -2.49. The van der Waals surface area contributed by atoms with E-state index in [2.05, 4.69) is 15.3 Å². The number of amides is 2. The lowest BCUT2D eigenvalue weighted by atomic mass is 9.87. The first-order chi connectivity index (χ1) is 18.8. The molecule has 4 atom stereocenters. The van der Waals surface area contributed by atoms with Gasteiger partial charge in [0.15, 0.2) is 0 Å². The second-order valence-corrected chi connectivity index (χ2v) is 10.6. The molecule has 0 radical (unpaired) electrons. The standard InChI is InChI=1S/C29H36FN5O5/c1-17(31)28(38)40-25(15-19(26(32)36)11-12-29(2,3)39)23(14-18-7-6-8-20(30)13-18)35-27(37)24-16-33-21-9-4-5-10-22(21)34-24/h4-10,13,16-17,19,23,25,39H,11-12,14-15,31H2,1-3H3,(H2,32,36)(H,35,37). The van der Waals surface area contributed by atoms with E-state index in [0.717, 1.165) is 0 Å². The first kappa shape index (κ1) is 30.6. The molecule has 0 spiro atoms. The zero-order valence-electron chi connectivity index (χ0n) is 22.8. The van der Waals surface area contributed by atoms with E-state index in [1.165, 1.54) is 31.3 Å². The van der Waals surface area contributed by atoms with Gasteiger partial charge in [-0.15, -0.1) is 0 Å². The second kappa shape index (κ2) is 13.4. The number of nitrogens with zero attached hydrogens (tertiary/aromatic N) is 2. The number of carbonyl (C=O) groups excluding carboxylic acids is 3. The number of hydrogen-bond acceptors (Lipinski definition) is 8. The van der Waals surface area contributed by atoms with Gasteiger partial charge < -0.3 is 26.6 Å². The highest BCUT2D eigenvalue weighted by Crippen LogP contribution is 2.24. The van der Waals surface area contributed by atoms with Crippen molar-refractivity contribution in [2.75, 3.05) is 0 Å². The van der Waals surface area contributed by atoms with Crippen LogP contribution in [0.5, 0.6) is 0 Å². The Morgan fingerprint density at radius 3 is 2.45 bits per heavy atom. The molecule has 0 fully saturated rings. The van der Waals surface area contributed by atoms with Crippen molar-refractivity contribution in [3.05, 3.63) is 71.8 Å².